The maximum atomic E-state index is 5.53. The minimum atomic E-state index is 0.254. The van der Waals surface area contributed by atoms with Gasteiger partial charge < -0.3 is 14.8 Å². The van der Waals surface area contributed by atoms with Crippen molar-refractivity contribution in [3.8, 4) is 5.75 Å². The quantitative estimate of drug-likeness (QED) is 0.902. The second-order valence-electron chi connectivity index (χ2n) is 7.11. The van der Waals surface area contributed by atoms with Crippen molar-refractivity contribution < 1.29 is 9.47 Å². The van der Waals surface area contributed by atoms with Crippen LogP contribution in [-0.2, 0) is 4.74 Å². The van der Waals surface area contributed by atoms with E-state index in [9.17, 15) is 0 Å². The van der Waals surface area contributed by atoms with Crippen molar-refractivity contribution in [1.29, 1.82) is 0 Å². The number of nitrogens with one attached hydrogen (secondary N) is 1. The lowest BCUT2D eigenvalue weighted by Gasteiger charge is -2.54. The number of methoxy groups -OCH3 is 2. The van der Waals surface area contributed by atoms with Gasteiger partial charge in [-0.2, -0.15) is 0 Å². The van der Waals surface area contributed by atoms with Gasteiger partial charge in [0.2, 0.25) is 0 Å². The van der Waals surface area contributed by atoms with Gasteiger partial charge in [-0.15, -0.1) is 0 Å². The lowest BCUT2D eigenvalue weighted by molar-refractivity contribution is -0.103. The molecule has 3 rings (SSSR count). The Morgan fingerprint density at radius 2 is 1.81 bits per heavy atom. The molecule has 2 saturated carbocycles. The molecule has 2 aliphatic carbocycles. The van der Waals surface area contributed by atoms with E-state index in [-0.39, 0.29) is 5.41 Å². The van der Waals surface area contributed by atoms with E-state index in [1.54, 1.807) is 7.11 Å². The van der Waals surface area contributed by atoms with Crippen LogP contribution in [-0.4, -0.2) is 32.4 Å². The van der Waals surface area contributed by atoms with Crippen molar-refractivity contribution in [2.45, 2.75) is 57.2 Å². The van der Waals surface area contributed by atoms with Crippen LogP contribution in [0.4, 0.5) is 0 Å². The molecule has 0 saturated heterocycles. The van der Waals surface area contributed by atoms with Crippen LogP contribution in [0.15, 0.2) is 24.3 Å². The molecular formula is C18H27NO2. The molecule has 116 valence electrons. The van der Waals surface area contributed by atoms with Crippen molar-refractivity contribution in [2.24, 2.45) is 5.41 Å². The fourth-order valence-electron chi connectivity index (χ4n) is 3.86. The van der Waals surface area contributed by atoms with Gasteiger partial charge in [-0.3, -0.25) is 0 Å². The Hall–Kier alpha value is -1.06. The molecule has 0 bridgehead atoms. The maximum Gasteiger partial charge on any atom is 0.122 e. The van der Waals surface area contributed by atoms with Gasteiger partial charge >= 0.3 is 0 Å². The van der Waals surface area contributed by atoms with Crippen LogP contribution in [0.2, 0.25) is 0 Å². The van der Waals surface area contributed by atoms with Crippen molar-refractivity contribution in [3.63, 3.8) is 0 Å². The van der Waals surface area contributed by atoms with Crippen LogP contribution in [0, 0.1) is 5.41 Å². The zero-order valence-corrected chi connectivity index (χ0v) is 13.6. The number of ether oxygens (including phenoxy) is 2. The summed E-state index contributed by atoms with van der Waals surface area (Å²) in [5.41, 5.74) is 1.62. The Morgan fingerprint density at radius 1 is 1.10 bits per heavy atom. The van der Waals surface area contributed by atoms with Crippen LogP contribution in [0.5, 0.6) is 5.75 Å². The third-order valence-electron chi connectivity index (χ3n) is 5.62. The highest BCUT2D eigenvalue weighted by molar-refractivity contribution is 5.37. The maximum absolute atomic E-state index is 5.53. The van der Waals surface area contributed by atoms with Gasteiger partial charge in [0.25, 0.3) is 0 Å². The molecule has 0 aliphatic heterocycles. The summed E-state index contributed by atoms with van der Waals surface area (Å²) >= 11 is 0. The number of rotatable bonds is 5. The highest BCUT2D eigenvalue weighted by Gasteiger charge is 2.50. The Kier molecular flexibility index (Phi) is 3.98. The molecule has 2 aliphatic rings. The minimum absolute atomic E-state index is 0.254. The van der Waals surface area contributed by atoms with E-state index >= 15 is 0 Å². The molecule has 3 nitrogen and oxygen atoms in total. The van der Waals surface area contributed by atoms with Crippen molar-refractivity contribution in [3.05, 3.63) is 29.8 Å². The van der Waals surface area contributed by atoms with E-state index in [1.807, 2.05) is 13.2 Å². The molecule has 3 heteroatoms. The second kappa shape index (κ2) is 5.62. The summed E-state index contributed by atoms with van der Waals surface area (Å²) in [6.45, 7) is 4.61. The topological polar surface area (TPSA) is 30.5 Å². The van der Waals surface area contributed by atoms with E-state index in [1.165, 1.54) is 18.4 Å². The first-order valence-corrected chi connectivity index (χ1v) is 7.98. The molecule has 1 N–H and O–H groups in total. The highest BCUT2D eigenvalue weighted by atomic mass is 16.5. The van der Waals surface area contributed by atoms with Gasteiger partial charge in [0, 0.05) is 24.6 Å². The largest absolute Gasteiger partial charge is 0.496 e. The fraction of sp³-hybridized carbons (Fsp3) is 0.667. The fourth-order valence-corrected chi connectivity index (χ4v) is 3.86. The molecule has 0 aromatic heterocycles. The van der Waals surface area contributed by atoms with Crippen LogP contribution in [0.25, 0.3) is 0 Å². The third-order valence-corrected chi connectivity index (χ3v) is 5.62. The monoisotopic (exact) mass is 289 g/mol. The minimum Gasteiger partial charge on any atom is -0.496 e. The lowest BCUT2D eigenvalue weighted by atomic mass is 9.63. The van der Waals surface area contributed by atoms with Crippen LogP contribution >= 0.6 is 0 Å². The summed E-state index contributed by atoms with van der Waals surface area (Å²) in [6.07, 6.45) is 3.97. The van der Waals surface area contributed by atoms with Crippen molar-refractivity contribution in [2.75, 3.05) is 14.2 Å². The summed E-state index contributed by atoms with van der Waals surface area (Å²) in [7, 11) is 3.58. The van der Waals surface area contributed by atoms with Gasteiger partial charge in [-0.1, -0.05) is 32.0 Å². The van der Waals surface area contributed by atoms with Crippen LogP contribution < -0.4 is 10.1 Å². The summed E-state index contributed by atoms with van der Waals surface area (Å²) in [6, 6.07) is 9.64. The van der Waals surface area contributed by atoms with Gasteiger partial charge in [0.05, 0.1) is 13.2 Å². The lowest BCUT2D eigenvalue weighted by Crippen LogP contribution is -2.63. The Morgan fingerprint density at radius 3 is 2.43 bits per heavy atom. The normalized spacial score (nSPS) is 33.9. The summed E-state index contributed by atoms with van der Waals surface area (Å²) < 4.78 is 11.0. The Balaban J connectivity index is 1.53. The molecule has 0 radical (unpaired) electrons. The molecule has 2 unspecified atom stereocenters. The smallest absolute Gasteiger partial charge is 0.122 e. The van der Waals surface area contributed by atoms with Gasteiger partial charge in [-0.05, 0) is 36.8 Å². The van der Waals surface area contributed by atoms with Crippen molar-refractivity contribution >= 4 is 0 Å². The average Bonchev–Trinajstić information content (AvgIpc) is 2.44. The first-order valence-electron chi connectivity index (χ1n) is 7.98. The standard InChI is InChI=1S/C18H27NO2/c1-18(2)16(11-17(18)21-4)19-13-9-12(10-13)14-7-5-6-8-15(14)20-3/h5-8,12-13,16-17,19H,9-11H2,1-4H3. The van der Waals surface area contributed by atoms with Crippen LogP contribution in [0.3, 0.4) is 0 Å². The molecule has 21 heavy (non-hydrogen) atoms. The van der Waals surface area contributed by atoms with E-state index in [0.717, 1.165) is 12.2 Å². The number of hydrogen-bond acceptors (Lipinski definition) is 3. The molecule has 2 atom stereocenters. The first kappa shape index (κ1) is 14.9. The zero-order valence-electron chi connectivity index (χ0n) is 13.6. The van der Waals surface area contributed by atoms with Crippen LogP contribution in [0.1, 0.15) is 44.6 Å². The second-order valence-corrected chi connectivity index (χ2v) is 7.11. The van der Waals surface area contributed by atoms with Crippen molar-refractivity contribution in [1.82, 2.24) is 5.32 Å². The molecule has 0 heterocycles. The summed E-state index contributed by atoms with van der Waals surface area (Å²) in [5, 5.41) is 3.82. The predicted molar refractivity (Wildman–Crippen MR) is 84.9 cm³/mol. The molecule has 2 fully saturated rings. The zero-order chi connectivity index (χ0) is 15.0. The Bertz CT molecular complexity index is 494. The number of para-hydroxylation sites is 1. The molecular weight excluding hydrogens is 262 g/mol. The van der Waals surface area contributed by atoms with E-state index in [4.69, 9.17) is 9.47 Å². The van der Waals surface area contributed by atoms with E-state index < -0.39 is 0 Å². The van der Waals surface area contributed by atoms with Gasteiger partial charge in [-0.25, -0.2) is 0 Å². The third kappa shape index (κ3) is 2.58. The average molecular weight is 289 g/mol. The SMILES string of the molecule is COc1ccccc1C1CC(NC2CC(OC)C2(C)C)C1. The summed E-state index contributed by atoms with van der Waals surface area (Å²) in [4.78, 5) is 0. The molecule has 1 aromatic rings. The number of benzene rings is 1. The van der Waals surface area contributed by atoms with Gasteiger partial charge in [0.1, 0.15) is 5.75 Å². The van der Waals surface area contributed by atoms with E-state index in [2.05, 4.69) is 37.4 Å². The molecule has 1 aromatic carbocycles. The predicted octanol–water partition coefficient (Wildman–Crippen LogP) is 3.34. The highest BCUT2D eigenvalue weighted by Crippen LogP contribution is 2.46. The van der Waals surface area contributed by atoms with Gasteiger partial charge in [0.15, 0.2) is 0 Å². The van der Waals surface area contributed by atoms with E-state index in [0.29, 0.717) is 24.1 Å². The molecule has 0 amide bonds. The summed E-state index contributed by atoms with van der Waals surface area (Å²) in [5.74, 6) is 1.67. The molecule has 0 spiro atoms. The Labute approximate surface area is 128 Å². The first-order chi connectivity index (χ1) is 10.1. The number of hydrogen-bond donors (Lipinski definition) is 1.